The van der Waals surface area contributed by atoms with Crippen LogP contribution in [0, 0.1) is 0 Å². The highest BCUT2D eigenvalue weighted by atomic mass is 35.5. The van der Waals surface area contributed by atoms with Crippen LogP contribution >= 0.6 is 22.9 Å². The molecule has 19 heavy (non-hydrogen) atoms. The van der Waals surface area contributed by atoms with Crippen LogP contribution in [-0.2, 0) is 0 Å². The number of thiazole rings is 1. The number of benzene rings is 2. The summed E-state index contributed by atoms with van der Waals surface area (Å²) in [5.74, 6) is -0.241. The molecule has 0 spiro atoms. The Morgan fingerprint density at radius 3 is 2.63 bits per heavy atom. The van der Waals surface area contributed by atoms with Crippen molar-refractivity contribution in [2.24, 2.45) is 0 Å². The van der Waals surface area contributed by atoms with E-state index in [0.717, 1.165) is 10.2 Å². The third-order valence-corrected chi connectivity index (χ3v) is 3.97. The van der Waals surface area contributed by atoms with Gasteiger partial charge in [0, 0.05) is 0 Å². The summed E-state index contributed by atoms with van der Waals surface area (Å²) < 4.78 is 0.992. The molecule has 1 amide bonds. The first-order valence-electron chi connectivity index (χ1n) is 5.65. The van der Waals surface area contributed by atoms with Crippen LogP contribution in [0.15, 0.2) is 48.5 Å². The van der Waals surface area contributed by atoms with Crippen molar-refractivity contribution in [1.82, 2.24) is 4.98 Å². The van der Waals surface area contributed by atoms with Crippen molar-refractivity contribution in [2.45, 2.75) is 0 Å². The average Bonchev–Trinajstić information content (AvgIpc) is 2.85. The molecule has 3 aromatic rings. The van der Waals surface area contributed by atoms with Gasteiger partial charge in [0.2, 0.25) is 0 Å². The molecule has 0 aliphatic heterocycles. The number of nitrogens with zero attached hydrogens (tertiary/aromatic N) is 1. The number of amides is 1. The van der Waals surface area contributed by atoms with Gasteiger partial charge in [-0.05, 0) is 24.3 Å². The number of hydrogen-bond acceptors (Lipinski definition) is 3. The normalized spacial score (nSPS) is 10.6. The number of rotatable bonds is 2. The van der Waals surface area contributed by atoms with Gasteiger partial charge in [-0.15, -0.1) is 11.3 Å². The molecular weight excluding hydrogens is 280 g/mol. The van der Waals surface area contributed by atoms with Crippen LogP contribution in [0.3, 0.4) is 0 Å². The highest BCUT2D eigenvalue weighted by molar-refractivity contribution is 7.20. The number of carbonyl (C=O) groups is 1. The molecule has 0 atom stereocenters. The molecule has 0 saturated carbocycles. The number of anilines is 1. The minimum absolute atomic E-state index is 0.241. The molecule has 94 valence electrons. The molecule has 0 radical (unpaired) electrons. The van der Waals surface area contributed by atoms with E-state index < -0.39 is 0 Å². The summed E-state index contributed by atoms with van der Waals surface area (Å²) in [7, 11) is 0. The summed E-state index contributed by atoms with van der Waals surface area (Å²) in [6, 6.07) is 14.8. The summed E-state index contributed by atoms with van der Waals surface area (Å²) >= 11 is 7.37. The van der Waals surface area contributed by atoms with Crippen molar-refractivity contribution in [1.29, 1.82) is 0 Å². The third-order valence-electron chi connectivity index (χ3n) is 2.61. The van der Waals surface area contributed by atoms with Gasteiger partial charge < -0.3 is 5.32 Å². The van der Waals surface area contributed by atoms with E-state index in [9.17, 15) is 4.79 Å². The fraction of sp³-hybridized carbons (Fsp3) is 0. The predicted octanol–water partition coefficient (Wildman–Crippen LogP) is 4.20. The quantitative estimate of drug-likeness (QED) is 0.768. The van der Waals surface area contributed by atoms with Gasteiger partial charge in [0.1, 0.15) is 0 Å². The summed E-state index contributed by atoms with van der Waals surface area (Å²) in [4.78, 5) is 16.4. The third kappa shape index (κ3) is 2.45. The van der Waals surface area contributed by atoms with E-state index in [1.165, 1.54) is 11.3 Å². The highest BCUT2D eigenvalue weighted by Crippen LogP contribution is 2.24. The molecule has 1 N–H and O–H groups in total. The van der Waals surface area contributed by atoms with Crippen molar-refractivity contribution in [3.8, 4) is 0 Å². The second kappa shape index (κ2) is 4.99. The first kappa shape index (κ1) is 12.1. The van der Waals surface area contributed by atoms with E-state index in [4.69, 9.17) is 11.6 Å². The van der Waals surface area contributed by atoms with Gasteiger partial charge in [-0.25, -0.2) is 4.98 Å². The van der Waals surface area contributed by atoms with Crippen molar-refractivity contribution >= 4 is 44.7 Å². The number of para-hydroxylation sites is 2. The van der Waals surface area contributed by atoms with Crippen LogP contribution in [0.2, 0.25) is 5.02 Å². The monoisotopic (exact) mass is 288 g/mol. The smallest absolute Gasteiger partial charge is 0.284 e. The first-order valence-corrected chi connectivity index (χ1v) is 6.85. The van der Waals surface area contributed by atoms with Crippen LogP contribution < -0.4 is 5.32 Å². The second-order valence-electron chi connectivity index (χ2n) is 3.92. The minimum Gasteiger partial charge on any atom is -0.319 e. The topological polar surface area (TPSA) is 42.0 Å². The maximum Gasteiger partial charge on any atom is 0.284 e. The number of hydrogen-bond donors (Lipinski definition) is 1. The van der Waals surface area contributed by atoms with Crippen LogP contribution in [0.25, 0.3) is 10.2 Å². The fourth-order valence-electron chi connectivity index (χ4n) is 1.71. The minimum atomic E-state index is -0.241. The standard InChI is InChI=1S/C14H9ClN2OS/c15-9-5-1-2-6-10(9)16-13(18)14-17-11-7-3-4-8-12(11)19-14/h1-8H,(H,16,18). The van der Waals surface area contributed by atoms with Crippen molar-refractivity contribution < 1.29 is 4.79 Å². The molecule has 3 rings (SSSR count). The van der Waals surface area contributed by atoms with Crippen LogP contribution in [0.4, 0.5) is 5.69 Å². The first-order chi connectivity index (χ1) is 9.24. The molecule has 0 aliphatic carbocycles. The van der Waals surface area contributed by atoms with Crippen molar-refractivity contribution in [3.63, 3.8) is 0 Å². The lowest BCUT2D eigenvalue weighted by atomic mass is 10.3. The van der Waals surface area contributed by atoms with Crippen molar-refractivity contribution in [2.75, 3.05) is 5.32 Å². The molecule has 0 saturated heterocycles. The molecule has 0 aliphatic rings. The summed E-state index contributed by atoms with van der Waals surface area (Å²) in [6.45, 7) is 0. The van der Waals surface area contributed by atoms with Gasteiger partial charge >= 0.3 is 0 Å². The lowest BCUT2D eigenvalue weighted by molar-refractivity contribution is 0.102. The number of nitrogens with one attached hydrogen (secondary N) is 1. The van der Waals surface area contributed by atoms with Gasteiger partial charge in [-0.3, -0.25) is 4.79 Å². The van der Waals surface area contributed by atoms with E-state index >= 15 is 0 Å². The van der Waals surface area contributed by atoms with Gasteiger partial charge in [0.05, 0.1) is 20.9 Å². The van der Waals surface area contributed by atoms with E-state index in [2.05, 4.69) is 10.3 Å². The van der Waals surface area contributed by atoms with Gasteiger partial charge in [0.25, 0.3) is 5.91 Å². The zero-order valence-corrected chi connectivity index (χ0v) is 11.3. The summed E-state index contributed by atoms with van der Waals surface area (Å²) in [5, 5.41) is 3.71. The molecule has 0 fully saturated rings. The van der Waals surface area contributed by atoms with E-state index in [1.54, 1.807) is 12.1 Å². The van der Waals surface area contributed by atoms with E-state index in [1.807, 2.05) is 36.4 Å². The number of halogens is 1. The fourth-order valence-corrected chi connectivity index (χ4v) is 2.75. The van der Waals surface area contributed by atoms with Gasteiger partial charge in [-0.2, -0.15) is 0 Å². The summed E-state index contributed by atoms with van der Waals surface area (Å²) in [5.41, 5.74) is 1.42. The SMILES string of the molecule is O=C(Nc1ccccc1Cl)c1nc2ccccc2s1. The molecule has 0 bridgehead atoms. The molecule has 2 aromatic carbocycles. The maximum atomic E-state index is 12.1. The molecule has 1 heterocycles. The number of carbonyl (C=O) groups excluding carboxylic acids is 1. The van der Waals surface area contributed by atoms with Crippen LogP contribution in [0.1, 0.15) is 9.80 Å². The number of fused-ring (bicyclic) bond motifs is 1. The Hall–Kier alpha value is -1.91. The predicted molar refractivity (Wildman–Crippen MR) is 79.0 cm³/mol. The Morgan fingerprint density at radius 2 is 1.84 bits per heavy atom. The Morgan fingerprint density at radius 1 is 1.11 bits per heavy atom. The lowest BCUT2D eigenvalue weighted by Crippen LogP contribution is -2.11. The highest BCUT2D eigenvalue weighted by Gasteiger charge is 2.13. The summed E-state index contributed by atoms with van der Waals surface area (Å²) in [6.07, 6.45) is 0. The van der Waals surface area contributed by atoms with Crippen molar-refractivity contribution in [3.05, 3.63) is 58.6 Å². The largest absolute Gasteiger partial charge is 0.319 e. The Labute approximate surface area is 118 Å². The Kier molecular flexibility index (Phi) is 3.19. The molecule has 0 unspecified atom stereocenters. The lowest BCUT2D eigenvalue weighted by Gasteiger charge is -2.04. The molecule has 3 nitrogen and oxygen atoms in total. The zero-order valence-electron chi connectivity index (χ0n) is 9.76. The number of aromatic nitrogens is 1. The maximum absolute atomic E-state index is 12.1. The van der Waals surface area contributed by atoms with Crippen LogP contribution in [0.5, 0.6) is 0 Å². The Bertz CT molecular complexity index is 721. The average molecular weight is 289 g/mol. The molecule has 5 heteroatoms. The van der Waals surface area contributed by atoms with Gasteiger partial charge in [0.15, 0.2) is 5.01 Å². The molecule has 1 aromatic heterocycles. The zero-order chi connectivity index (χ0) is 13.2. The molecular formula is C14H9ClN2OS. The van der Waals surface area contributed by atoms with E-state index in [-0.39, 0.29) is 5.91 Å². The second-order valence-corrected chi connectivity index (χ2v) is 5.36. The van der Waals surface area contributed by atoms with Crippen LogP contribution in [-0.4, -0.2) is 10.9 Å². The Balaban J connectivity index is 1.90. The van der Waals surface area contributed by atoms with Gasteiger partial charge in [-0.1, -0.05) is 35.9 Å². The van der Waals surface area contributed by atoms with E-state index in [0.29, 0.717) is 15.7 Å².